The summed E-state index contributed by atoms with van der Waals surface area (Å²) in [6.07, 6.45) is 7.45. The number of aromatic nitrogens is 4. The summed E-state index contributed by atoms with van der Waals surface area (Å²) in [6, 6.07) is 12.1. The molecular weight excluding hydrogens is 426 g/mol. The van der Waals surface area contributed by atoms with E-state index in [1.54, 1.807) is 12.3 Å². The van der Waals surface area contributed by atoms with Gasteiger partial charge in [-0.25, -0.2) is 9.97 Å². The fraction of sp³-hybridized carbons (Fsp3) is 0.308. The van der Waals surface area contributed by atoms with E-state index >= 15 is 0 Å². The number of likely N-dealkylation sites (tertiary alicyclic amines) is 1. The van der Waals surface area contributed by atoms with Crippen molar-refractivity contribution in [3.63, 3.8) is 0 Å². The third-order valence-electron chi connectivity index (χ3n) is 6.82. The second-order valence-corrected chi connectivity index (χ2v) is 8.86. The molecule has 1 aliphatic rings. The number of aryl methyl sites for hydroxylation is 1. The lowest BCUT2D eigenvalue weighted by molar-refractivity contribution is 0.1000. The van der Waals surface area contributed by atoms with E-state index in [2.05, 4.69) is 55.0 Å². The number of carbonyl (C=O) groups is 1. The zero-order valence-electron chi connectivity index (χ0n) is 19.5. The number of piperidine rings is 1. The van der Waals surface area contributed by atoms with Crippen LogP contribution < -0.4 is 11.1 Å². The molecule has 34 heavy (non-hydrogen) atoms. The van der Waals surface area contributed by atoms with Crippen LogP contribution in [0, 0.1) is 0 Å². The van der Waals surface area contributed by atoms with Gasteiger partial charge in [-0.3, -0.25) is 14.7 Å². The molecule has 8 heteroatoms. The number of nitrogens with one attached hydrogen (secondary N) is 1. The number of nitrogens with zero attached hydrogens (tertiary/aromatic N) is 5. The fourth-order valence-corrected chi connectivity index (χ4v) is 4.78. The van der Waals surface area contributed by atoms with Crippen LogP contribution in [0.3, 0.4) is 0 Å². The highest BCUT2D eigenvalue weighted by molar-refractivity contribution is 5.94. The molecule has 0 spiro atoms. The molecule has 0 bridgehead atoms. The Balaban J connectivity index is 1.31. The predicted molar refractivity (Wildman–Crippen MR) is 133 cm³/mol. The van der Waals surface area contributed by atoms with Crippen molar-refractivity contribution >= 4 is 22.8 Å². The largest absolute Gasteiger partial charge is 0.373 e. The number of pyridine rings is 3. The molecule has 0 atom stereocenters. The molecule has 174 valence electrons. The monoisotopic (exact) mass is 455 g/mol. The van der Waals surface area contributed by atoms with Crippen molar-refractivity contribution in [1.82, 2.24) is 24.4 Å². The van der Waals surface area contributed by atoms with Gasteiger partial charge in [0.15, 0.2) is 0 Å². The van der Waals surface area contributed by atoms with E-state index in [1.807, 2.05) is 31.6 Å². The molecule has 1 fully saturated rings. The van der Waals surface area contributed by atoms with Gasteiger partial charge < -0.3 is 15.6 Å². The second-order valence-electron chi connectivity index (χ2n) is 8.86. The third-order valence-corrected chi connectivity index (χ3v) is 6.82. The Morgan fingerprint density at radius 1 is 1.09 bits per heavy atom. The molecule has 3 N–H and O–H groups in total. The molecule has 4 aromatic rings. The second kappa shape index (κ2) is 9.23. The highest BCUT2D eigenvalue weighted by atomic mass is 16.1. The number of rotatable bonds is 6. The minimum absolute atomic E-state index is 0.409. The molecule has 1 amide bonds. The summed E-state index contributed by atoms with van der Waals surface area (Å²) in [7, 11) is 3.96. The van der Waals surface area contributed by atoms with E-state index in [0.717, 1.165) is 66.1 Å². The van der Waals surface area contributed by atoms with E-state index < -0.39 is 5.91 Å². The van der Waals surface area contributed by atoms with E-state index in [4.69, 9.17) is 5.73 Å². The minimum atomic E-state index is -0.437. The van der Waals surface area contributed by atoms with Gasteiger partial charge in [-0.1, -0.05) is 0 Å². The first-order valence-electron chi connectivity index (χ1n) is 11.6. The van der Waals surface area contributed by atoms with Crippen LogP contribution in [0.2, 0.25) is 0 Å². The zero-order chi connectivity index (χ0) is 23.7. The number of nitrogens with two attached hydrogens (primary N) is 1. The minimum Gasteiger partial charge on any atom is -0.373 e. The fourth-order valence-electron chi connectivity index (χ4n) is 4.78. The lowest BCUT2D eigenvalue weighted by Crippen LogP contribution is -2.33. The molecule has 0 aromatic carbocycles. The van der Waals surface area contributed by atoms with Gasteiger partial charge >= 0.3 is 0 Å². The van der Waals surface area contributed by atoms with Crippen molar-refractivity contribution in [1.29, 1.82) is 0 Å². The Kier molecular flexibility index (Phi) is 5.98. The average Bonchev–Trinajstić information content (AvgIpc) is 3.20. The normalized spacial score (nSPS) is 15.0. The maximum Gasteiger partial charge on any atom is 0.250 e. The Bertz CT molecular complexity index is 1300. The quantitative estimate of drug-likeness (QED) is 0.461. The Morgan fingerprint density at radius 3 is 2.56 bits per heavy atom. The SMILES string of the molecule is CNc1ccc(-c2ccnc3c2cc(CN2CCC(c4ccc(C(N)=O)cn4)CC2)n3C)cn1. The van der Waals surface area contributed by atoms with Crippen molar-refractivity contribution in [2.45, 2.75) is 25.3 Å². The molecule has 5 heterocycles. The Hall–Kier alpha value is -3.78. The topological polar surface area (TPSA) is 102 Å². The number of amides is 1. The summed E-state index contributed by atoms with van der Waals surface area (Å²) in [5, 5.41) is 4.21. The summed E-state index contributed by atoms with van der Waals surface area (Å²) in [5.74, 6) is 0.824. The Morgan fingerprint density at radius 2 is 1.91 bits per heavy atom. The molecule has 5 rings (SSSR count). The zero-order valence-corrected chi connectivity index (χ0v) is 19.5. The van der Waals surface area contributed by atoms with Crippen molar-refractivity contribution < 1.29 is 4.79 Å². The van der Waals surface area contributed by atoms with Crippen LogP contribution in [0.1, 0.15) is 40.5 Å². The van der Waals surface area contributed by atoms with Crippen LogP contribution in [-0.4, -0.2) is 50.5 Å². The molecule has 1 saturated heterocycles. The van der Waals surface area contributed by atoms with Gasteiger partial charge in [0.25, 0.3) is 0 Å². The number of anilines is 1. The highest BCUT2D eigenvalue weighted by Gasteiger charge is 2.23. The first-order valence-corrected chi connectivity index (χ1v) is 11.6. The van der Waals surface area contributed by atoms with E-state index in [9.17, 15) is 4.79 Å². The molecule has 0 aliphatic carbocycles. The highest BCUT2D eigenvalue weighted by Crippen LogP contribution is 2.31. The first kappa shape index (κ1) is 22.0. The van der Waals surface area contributed by atoms with Crippen LogP contribution in [0.5, 0.6) is 0 Å². The van der Waals surface area contributed by atoms with Crippen LogP contribution in [0.15, 0.2) is 55.0 Å². The Labute approximate surface area is 198 Å². The number of primary amides is 1. The molecule has 8 nitrogen and oxygen atoms in total. The standard InChI is InChI=1S/C26H29N7O/c1-28-24-6-4-18(14-31-24)21-7-10-29-26-22(21)13-20(32(26)2)16-33-11-8-17(9-12-33)23-5-3-19(15-30-23)25(27)34/h3-7,10,13-15,17H,8-9,11-12,16H2,1-2H3,(H2,27,34)(H,28,31). The van der Waals surface area contributed by atoms with Gasteiger partial charge in [-0.05, 0) is 67.9 Å². The van der Waals surface area contributed by atoms with Crippen molar-refractivity contribution in [3.05, 3.63) is 71.9 Å². The van der Waals surface area contributed by atoms with Crippen LogP contribution in [0.25, 0.3) is 22.2 Å². The lowest BCUT2D eigenvalue weighted by Gasteiger charge is -2.31. The molecule has 1 aliphatic heterocycles. The number of hydrogen-bond donors (Lipinski definition) is 2. The maximum absolute atomic E-state index is 11.3. The van der Waals surface area contributed by atoms with Gasteiger partial charge in [-0.15, -0.1) is 0 Å². The van der Waals surface area contributed by atoms with E-state index in [-0.39, 0.29) is 0 Å². The molecule has 0 unspecified atom stereocenters. The van der Waals surface area contributed by atoms with Crippen LogP contribution in [0.4, 0.5) is 5.82 Å². The average molecular weight is 456 g/mol. The molecule has 0 saturated carbocycles. The smallest absolute Gasteiger partial charge is 0.250 e. The summed E-state index contributed by atoms with van der Waals surface area (Å²) < 4.78 is 2.20. The first-order chi connectivity index (χ1) is 16.5. The lowest BCUT2D eigenvalue weighted by atomic mass is 9.92. The van der Waals surface area contributed by atoms with Gasteiger partial charge in [0.05, 0.1) is 5.56 Å². The number of hydrogen-bond acceptors (Lipinski definition) is 6. The van der Waals surface area contributed by atoms with E-state index in [1.165, 1.54) is 5.69 Å². The predicted octanol–water partition coefficient (Wildman–Crippen LogP) is 3.55. The summed E-state index contributed by atoms with van der Waals surface area (Å²) in [6.45, 7) is 2.88. The van der Waals surface area contributed by atoms with Gasteiger partial charge in [0.2, 0.25) is 5.91 Å². The maximum atomic E-state index is 11.3. The van der Waals surface area contributed by atoms with Crippen molar-refractivity contribution in [2.24, 2.45) is 12.8 Å². The summed E-state index contributed by atoms with van der Waals surface area (Å²) in [4.78, 5) is 27.4. The van der Waals surface area contributed by atoms with Crippen molar-refractivity contribution in [3.8, 4) is 11.1 Å². The van der Waals surface area contributed by atoms with Crippen LogP contribution >= 0.6 is 0 Å². The van der Waals surface area contributed by atoms with Crippen molar-refractivity contribution in [2.75, 3.05) is 25.5 Å². The van der Waals surface area contributed by atoms with Gasteiger partial charge in [-0.2, -0.15) is 0 Å². The molecule has 4 aromatic heterocycles. The summed E-state index contributed by atoms with van der Waals surface area (Å²) >= 11 is 0. The summed E-state index contributed by atoms with van der Waals surface area (Å²) in [5.41, 5.74) is 11.3. The van der Waals surface area contributed by atoms with Gasteiger partial charge in [0.1, 0.15) is 11.5 Å². The third kappa shape index (κ3) is 4.24. The number of fused-ring (bicyclic) bond motifs is 1. The molecule has 0 radical (unpaired) electrons. The van der Waals surface area contributed by atoms with Gasteiger partial charge in [0, 0.05) is 67.5 Å². The van der Waals surface area contributed by atoms with Crippen LogP contribution in [-0.2, 0) is 13.6 Å². The number of carbonyl (C=O) groups excluding carboxylic acids is 1. The van der Waals surface area contributed by atoms with E-state index in [0.29, 0.717) is 11.5 Å². The molecular formula is C26H29N7O.